The average molecular weight is 841 g/mol. The first-order valence-electron chi connectivity index (χ1n) is 22.7. The Morgan fingerprint density at radius 2 is 0.636 bits per heavy atom. The lowest BCUT2D eigenvalue weighted by atomic mass is 9.98. The van der Waals surface area contributed by atoms with Gasteiger partial charge in [0.2, 0.25) is 0 Å². The molecule has 11 aromatic carbocycles. The molecule has 0 amide bonds. The zero-order chi connectivity index (χ0) is 43.8. The maximum Gasteiger partial charge on any atom is 0.0541 e. The molecule has 0 atom stereocenters. The van der Waals surface area contributed by atoms with E-state index in [1.54, 1.807) is 0 Å². The normalized spacial score (nSPS) is 11.3. The molecule has 2 nitrogen and oxygen atoms in total. The van der Waals surface area contributed by atoms with E-state index < -0.39 is 0 Å². The van der Waals surface area contributed by atoms with Crippen molar-refractivity contribution in [3.63, 3.8) is 0 Å². The number of hydrogen-bond acceptors (Lipinski definition) is 1. The summed E-state index contributed by atoms with van der Waals surface area (Å²) < 4.78 is 2.41. The van der Waals surface area contributed by atoms with E-state index in [2.05, 4.69) is 276 Å². The summed E-state index contributed by atoms with van der Waals surface area (Å²) in [5.74, 6) is 0. The van der Waals surface area contributed by atoms with Crippen LogP contribution in [0, 0.1) is 0 Å². The van der Waals surface area contributed by atoms with Gasteiger partial charge in [0.15, 0.2) is 0 Å². The van der Waals surface area contributed by atoms with Crippen LogP contribution in [0.3, 0.4) is 0 Å². The molecule has 0 aliphatic rings. The number of hydrogen-bond donors (Lipinski definition) is 0. The van der Waals surface area contributed by atoms with Crippen molar-refractivity contribution in [3.05, 3.63) is 267 Å². The van der Waals surface area contributed by atoms with Gasteiger partial charge < -0.3 is 9.47 Å². The van der Waals surface area contributed by atoms with Crippen molar-refractivity contribution in [2.75, 3.05) is 4.90 Å². The third-order valence-electron chi connectivity index (χ3n) is 13.0. The van der Waals surface area contributed by atoms with Crippen LogP contribution in [0.15, 0.2) is 267 Å². The minimum absolute atomic E-state index is 1.09. The molecule has 66 heavy (non-hydrogen) atoms. The summed E-state index contributed by atoms with van der Waals surface area (Å²) in [6, 6.07) is 96.8. The lowest BCUT2D eigenvalue weighted by Gasteiger charge is -2.26. The van der Waals surface area contributed by atoms with Crippen LogP contribution in [0.2, 0.25) is 0 Å². The number of fused-ring (bicyclic) bond motifs is 4. The number of benzene rings is 11. The number of nitrogens with zero attached hydrogens (tertiary/aromatic N) is 2. The molecule has 2 heteroatoms. The molecule has 0 unspecified atom stereocenters. The first kappa shape index (κ1) is 38.9. The van der Waals surface area contributed by atoms with E-state index in [1.165, 1.54) is 93.9 Å². The van der Waals surface area contributed by atoms with E-state index >= 15 is 0 Å². The summed E-state index contributed by atoms with van der Waals surface area (Å²) >= 11 is 0. The fraction of sp³-hybridized carbons (Fsp3) is 0. The number of rotatable bonds is 9. The Hall–Kier alpha value is -8.72. The van der Waals surface area contributed by atoms with Crippen molar-refractivity contribution in [1.82, 2.24) is 4.57 Å². The maximum absolute atomic E-state index is 2.41. The summed E-state index contributed by atoms with van der Waals surface area (Å²) in [6.07, 6.45) is 0. The Morgan fingerprint density at radius 3 is 1.23 bits per heavy atom. The SMILES string of the molecule is c1ccc(-c2cccc(-c3ccc(N(c4ccc(-c5ccc(-c6ccccc6-n6c7ccccc7c7ccccc76)cc5)cc4)c4ccc(-c5ccc6ccccc6c5)cc4)cc3)c2)cc1. The van der Waals surface area contributed by atoms with Crippen LogP contribution in [0.5, 0.6) is 0 Å². The smallest absolute Gasteiger partial charge is 0.0541 e. The van der Waals surface area contributed by atoms with Gasteiger partial charge in [-0.25, -0.2) is 0 Å². The molecule has 12 rings (SSSR count). The van der Waals surface area contributed by atoms with Crippen LogP contribution < -0.4 is 4.90 Å². The third kappa shape index (κ3) is 7.21. The molecule has 0 fully saturated rings. The summed E-state index contributed by atoms with van der Waals surface area (Å²) in [7, 11) is 0. The minimum Gasteiger partial charge on any atom is -0.311 e. The number of anilines is 3. The largest absolute Gasteiger partial charge is 0.311 e. The fourth-order valence-corrected chi connectivity index (χ4v) is 9.67. The molecule has 0 N–H and O–H groups in total. The van der Waals surface area contributed by atoms with Gasteiger partial charge in [0.1, 0.15) is 0 Å². The fourth-order valence-electron chi connectivity index (χ4n) is 9.67. The second-order valence-corrected chi connectivity index (χ2v) is 16.9. The topological polar surface area (TPSA) is 8.17 Å². The molecule has 0 aliphatic heterocycles. The van der Waals surface area contributed by atoms with Gasteiger partial charge in [-0.15, -0.1) is 0 Å². The maximum atomic E-state index is 2.41. The zero-order valence-corrected chi connectivity index (χ0v) is 36.3. The Labute approximate surface area is 385 Å². The van der Waals surface area contributed by atoms with Gasteiger partial charge >= 0.3 is 0 Å². The molecule has 12 aromatic rings. The molecule has 1 aromatic heterocycles. The average Bonchev–Trinajstić information content (AvgIpc) is 3.74. The van der Waals surface area contributed by atoms with Crippen LogP contribution in [0.1, 0.15) is 0 Å². The van der Waals surface area contributed by atoms with Crippen LogP contribution >= 0.6 is 0 Å². The Kier molecular flexibility index (Phi) is 9.89. The second-order valence-electron chi connectivity index (χ2n) is 16.9. The van der Waals surface area contributed by atoms with E-state index in [1.807, 2.05) is 0 Å². The van der Waals surface area contributed by atoms with Gasteiger partial charge in [0.25, 0.3) is 0 Å². The number of para-hydroxylation sites is 3. The highest BCUT2D eigenvalue weighted by Gasteiger charge is 2.17. The summed E-state index contributed by atoms with van der Waals surface area (Å²) in [5.41, 5.74) is 18.8. The summed E-state index contributed by atoms with van der Waals surface area (Å²) in [4.78, 5) is 2.35. The zero-order valence-electron chi connectivity index (χ0n) is 36.3. The van der Waals surface area contributed by atoms with Gasteiger partial charge in [-0.2, -0.15) is 0 Å². The number of aromatic nitrogens is 1. The van der Waals surface area contributed by atoms with Gasteiger partial charge in [0.05, 0.1) is 16.7 Å². The molecular weight excluding hydrogens is 797 g/mol. The summed E-state index contributed by atoms with van der Waals surface area (Å²) in [5, 5.41) is 5.02. The molecule has 1 heterocycles. The van der Waals surface area contributed by atoms with Gasteiger partial charge in [0, 0.05) is 33.4 Å². The monoisotopic (exact) mass is 840 g/mol. The van der Waals surface area contributed by atoms with Crippen molar-refractivity contribution in [2.45, 2.75) is 0 Å². The van der Waals surface area contributed by atoms with E-state index in [0.717, 1.165) is 17.1 Å². The van der Waals surface area contributed by atoms with E-state index in [-0.39, 0.29) is 0 Å². The van der Waals surface area contributed by atoms with Gasteiger partial charge in [-0.05, 0) is 128 Å². The van der Waals surface area contributed by atoms with Crippen molar-refractivity contribution < 1.29 is 0 Å². The molecule has 0 spiro atoms. The highest BCUT2D eigenvalue weighted by Crippen LogP contribution is 2.40. The van der Waals surface area contributed by atoms with Crippen molar-refractivity contribution in [1.29, 1.82) is 0 Å². The van der Waals surface area contributed by atoms with Crippen molar-refractivity contribution >= 4 is 49.6 Å². The third-order valence-corrected chi connectivity index (χ3v) is 13.0. The minimum atomic E-state index is 1.09. The van der Waals surface area contributed by atoms with Crippen LogP contribution in [0.25, 0.3) is 93.9 Å². The van der Waals surface area contributed by atoms with E-state index in [9.17, 15) is 0 Å². The lowest BCUT2D eigenvalue weighted by molar-refractivity contribution is 1.18. The first-order chi connectivity index (χ1) is 32.7. The molecule has 0 radical (unpaired) electrons. The van der Waals surface area contributed by atoms with Gasteiger partial charge in [-0.3, -0.25) is 0 Å². The first-order valence-corrected chi connectivity index (χ1v) is 22.7. The van der Waals surface area contributed by atoms with Crippen molar-refractivity contribution in [3.8, 4) is 61.3 Å². The standard InChI is InChI=1S/C64H44N2/c1-2-13-45(14-3-1)53-17-12-18-54(43-53)49-33-39-57(40-34-49)65(58-41-35-50(36-42-58)55-30-27-46-15-4-5-16-52(46)44-55)56-37-31-48(32-38-56)47-25-28-51(29-26-47)59-19-6-9-22-62(59)66-63-23-10-7-20-60(63)61-21-8-11-24-64(61)66/h1-44H. The Bertz CT molecular complexity index is 3610. The molecule has 0 aliphatic carbocycles. The van der Waals surface area contributed by atoms with Crippen LogP contribution in [0.4, 0.5) is 17.1 Å². The molecular formula is C64H44N2. The highest BCUT2D eigenvalue weighted by atomic mass is 15.1. The highest BCUT2D eigenvalue weighted by molar-refractivity contribution is 6.09. The van der Waals surface area contributed by atoms with Crippen molar-refractivity contribution in [2.24, 2.45) is 0 Å². The van der Waals surface area contributed by atoms with E-state index in [4.69, 9.17) is 0 Å². The van der Waals surface area contributed by atoms with Gasteiger partial charge in [-0.1, -0.05) is 200 Å². The molecule has 0 saturated heterocycles. The summed E-state index contributed by atoms with van der Waals surface area (Å²) in [6.45, 7) is 0. The quantitative estimate of drug-likeness (QED) is 0.141. The predicted molar refractivity (Wildman–Crippen MR) is 280 cm³/mol. The Morgan fingerprint density at radius 1 is 0.242 bits per heavy atom. The predicted octanol–water partition coefficient (Wildman–Crippen LogP) is 17.7. The molecule has 0 bridgehead atoms. The second kappa shape index (κ2) is 16.8. The molecule has 310 valence electrons. The Balaban J connectivity index is 0.873. The van der Waals surface area contributed by atoms with E-state index in [0.29, 0.717) is 0 Å². The van der Waals surface area contributed by atoms with Crippen LogP contribution in [-0.4, -0.2) is 4.57 Å². The van der Waals surface area contributed by atoms with Crippen LogP contribution in [-0.2, 0) is 0 Å². The lowest BCUT2D eigenvalue weighted by Crippen LogP contribution is -2.09. The molecule has 0 saturated carbocycles.